The Balaban J connectivity index is 4.31. The van der Waals surface area contributed by atoms with Crippen LogP contribution in [0.25, 0.3) is 0 Å². The van der Waals surface area contributed by atoms with Crippen LogP contribution in [0.2, 0.25) is 0 Å². The van der Waals surface area contributed by atoms with Crippen molar-refractivity contribution in [2.24, 2.45) is 5.73 Å². The van der Waals surface area contributed by atoms with Gasteiger partial charge in [-0.15, -0.1) is 0 Å². The van der Waals surface area contributed by atoms with E-state index in [1.165, 1.54) is 0 Å². The van der Waals surface area contributed by atoms with E-state index in [4.69, 9.17) is 21.1 Å². The molecule has 9 nitrogen and oxygen atoms in total. The van der Waals surface area contributed by atoms with Crippen molar-refractivity contribution in [2.75, 3.05) is 19.6 Å². The topological polar surface area (TPSA) is 162 Å². The van der Waals surface area contributed by atoms with Gasteiger partial charge in [-0.2, -0.15) is 0 Å². The summed E-state index contributed by atoms with van der Waals surface area (Å²) in [6.07, 6.45) is -0.626. The monoisotopic (exact) mass is 263 g/mol. The minimum atomic E-state index is -1.35. The van der Waals surface area contributed by atoms with Gasteiger partial charge in [0.15, 0.2) is 0 Å². The van der Waals surface area contributed by atoms with Crippen LogP contribution in [0, 0.1) is 0 Å². The summed E-state index contributed by atoms with van der Waals surface area (Å²) in [6.45, 7) is 0.288. The van der Waals surface area contributed by atoms with Crippen LogP contribution in [0.1, 0.15) is 6.42 Å². The van der Waals surface area contributed by atoms with Gasteiger partial charge in [0.2, 0.25) is 0 Å². The molecule has 9 heteroatoms. The summed E-state index contributed by atoms with van der Waals surface area (Å²) in [6, 6.07) is -2.35. The molecule has 2 atom stereocenters. The minimum Gasteiger partial charge on any atom is -0.481 e. The maximum absolute atomic E-state index is 10.8. The number of hydrogen-bond acceptors (Lipinski definition) is 6. The molecule has 0 heterocycles. The van der Waals surface area contributed by atoms with Crippen LogP contribution in [0.15, 0.2) is 0 Å². The maximum Gasteiger partial charge on any atom is 0.322 e. The van der Waals surface area contributed by atoms with Crippen molar-refractivity contribution in [1.82, 2.24) is 10.6 Å². The molecule has 0 aromatic carbocycles. The Hall–Kier alpha value is -1.71. The first kappa shape index (κ1) is 16.3. The van der Waals surface area contributed by atoms with Gasteiger partial charge in [-0.25, -0.2) is 0 Å². The second-order valence-electron chi connectivity index (χ2n) is 3.53. The van der Waals surface area contributed by atoms with E-state index < -0.39 is 36.4 Å². The van der Waals surface area contributed by atoms with E-state index in [2.05, 4.69) is 10.6 Å². The van der Waals surface area contributed by atoms with Crippen molar-refractivity contribution in [3.8, 4) is 0 Å². The first-order valence-corrected chi connectivity index (χ1v) is 5.22. The van der Waals surface area contributed by atoms with Crippen LogP contribution < -0.4 is 16.4 Å². The summed E-state index contributed by atoms with van der Waals surface area (Å²) in [5.74, 6) is -3.80. The molecule has 0 amide bonds. The molecule has 0 aliphatic carbocycles. The SMILES string of the molecule is NCCN[C@@H](CN[C@H](CC(=O)O)C(=O)O)C(=O)O. The largest absolute Gasteiger partial charge is 0.481 e. The number of nitrogens with two attached hydrogens (primary N) is 1. The predicted molar refractivity (Wildman–Crippen MR) is 60.2 cm³/mol. The number of rotatable bonds is 10. The average molecular weight is 263 g/mol. The number of carbonyl (C=O) groups is 3. The molecule has 18 heavy (non-hydrogen) atoms. The van der Waals surface area contributed by atoms with Gasteiger partial charge >= 0.3 is 17.9 Å². The lowest BCUT2D eigenvalue weighted by molar-refractivity contribution is -0.146. The second kappa shape index (κ2) is 8.39. The molecule has 0 rings (SSSR count). The van der Waals surface area contributed by atoms with Crippen molar-refractivity contribution in [3.05, 3.63) is 0 Å². The Labute approximate surface area is 103 Å². The van der Waals surface area contributed by atoms with Crippen LogP contribution >= 0.6 is 0 Å². The highest BCUT2D eigenvalue weighted by molar-refractivity contribution is 5.80. The fourth-order valence-corrected chi connectivity index (χ4v) is 1.19. The lowest BCUT2D eigenvalue weighted by atomic mass is 10.2. The molecule has 0 saturated heterocycles. The minimum absolute atomic E-state index is 0.209. The third kappa shape index (κ3) is 6.78. The van der Waals surface area contributed by atoms with Crippen LogP contribution in [0.4, 0.5) is 0 Å². The third-order valence-corrected chi connectivity index (χ3v) is 2.08. The van der Waals surface area contributed by atoms with Gasteiger partial charge in [-0.3, -0.25) is 14.4 Å². The molecule has 104 valence electrons. The van der Waals surface area contributed by atoms with Crippen molar-refractivity contribution in [2.45, 2.75) is 18.5 Å². The summed E-state index contributed by atoms with van der Waals surface area (Å²) in [5.41, 5.74) is 5.20. The van der Waals surface area contributed by atoms with E-state index in [1.54, 1.807) is 0 Å². The van der Waals surface area contributed by atoms with Crippen molar-refractivity contribution < 1.29 is 29.7 Å². The van der Waals surface area contributed by atoms with Crippen LogP contribution in [0.5, 0.6) is 0 Å². The quantitative estimate of drug-likeness (QED) is 0.250. The highest BCUT2D eigenvalue weighted by atomic mass is 16.4. The molecule has 0 bridgehead atoms. The molecular formula is C9H17N3O6. The van der Waals surface area contributed by atoms with E-state index >= 15 is 0 Å². The fourth-order valence-electron chi connectivity index (χ4n) is 1.19. The summed E-state index contributed by atoms with van der Waals surface area (Å²) in [7, 11) is 0. The lowest BCUT2D eigenvalue weighted by Crippen LogP contribution is -2.50. The number of nitrogens with one attached hydrogen (secondary N) is 2. The Morgan fingerprint density at radius 3 is 1.94 bits per heavy atom. The van der Waals surface area contributed by atoms with Gasteiger partial charge in [0, 0.05) is 19.6 Å². The summed E-state index contributed by atoms with van der Waals surface area (Å²) >= 11 is 0. The van der Waals surface area contributed by atoms with Gasteiger partial charge in [0.05, 0.1) is 6.42 Å². The van der Waals surface area contributed by atoms with Gasteiger partial charge in [-0.1, -0.05) is 0 Å². The summed E-state index contributed by atoms with van der Waals surface area (Å²) in [5, 5.41) is 31.0. The van der Waals surface area contributed by atoms with E-state index in [-0.39, 0.29) is 19.6 Å². The smallest absolute Gasteiger partial charge is 0.322 e. The maximum atomic E-state index is 10.8. The second-order valence-corrected chi connectivity index (χ2v) is 3.53. The molecule has 0 radical (unpaired) electrons. The Kier molecular flexibility index (Phi) is 7.59. The molecule has 0 spiro atoms. The molecule has 0 aromatic heterocycles. The number of aliphatic carboxylic acids is 3. The predicted octanol–water partition coefficient (Wildman–Crippen LogP) is -2.49. The van der Waals surface area contributed by atoms with E-state index in [0.717, 1.165) is 0 Å². The van der Waals surface area contributed by atoms with Crippen molar-refractivity contribution in [3.63, 3.8) is 0 Å². The van der Waals surface area contributed by atoms with E-state index in [1.807, 2.05) is 0 Å². The molecule has 0 aliphatic heterocycles. The highest BCUT2D eigenvalue weighted by Gasteiger charge is 2.23. The van der Waals surface area contributed by atoms with Gasteiger partial charge in [0.1, 0.15) is 12.1 Å². The Morgan fingerprint density at radius 2 is 1.56 bits per heavy atom. The fraction of sp³-hybridized carbons (Fsp3) is 0.667. The van der Waals surface area contributed by atoms with E-state index in [0.29, 0.717) is 0 Å². The third-order valence-electron chi connectivity index (χ3n) is 2.08. The summed E-state index contributed by atoms with van der Waals surface area (Å²) in [4.78, 5) is 31.9. The molecule has 0 fully saturated rings. The zero-order chi connectivity index (χ0) is 14.1. The Bertz CT molecular complexity index is 309. The zero-order valence-electron chi connectivity index (χ0n) is 9.63. The average Bonchev–Trinajstić information content (AvgIpc) is 2.26. The van der Waals surface area contributed by atoms with Crippen LogP contribution in [-0.2, 0) is 14.4 Å². The van der Waals surface area contributed by atoms with Crippen LogP contribution in [0.3, 0.4) is 0 Å². The molecule has 0 aromatic rings. The number of hydrogen-bond donors (Lipinski definition) is 6. The first-order valence-electron chi connectivity index (χ1n) is 5.22. The molecule has 0 aliphatic rings. The normalized spacial score (nSPS) is 13.8. The first-order chi connectivity index (χ1) is 8.38. The number of carboxylic acids is 3. The lowest BCUT2D eigenvalue weighted by Gasteiger charge is -2.17. The number of carboxylic acid groups (broad SMARTS) is 3. The van der Waals surface area contributed by atoms with Gasteiger partial charge in [-0.05, 0) is 0 Å². The molecule has 0 unspecified atom stereocenters. The van der Waals surface area contributed by atoms with Crippen molar-refractivity contribution >= 4 is 17.9 Å². The molecule has 7 N–H and O–H groups in total. The van der Waals surface area contributed by atoms with Crippen molar-refractivity contribution in [1.29, 1.82) is 0 Å². The highest BCUT2D eigenvalue weighted by Crippen LogP contribution is 1.94. The Morgan fingerprint density at radius 1 is 1.00 bits per heavy atom. The standard InChI is InChI=1S/C9H17N3O6/c10-1-2-11-6(9(17)18)4-12-5(8(15)16)3-7(13)14/h5-6,11-12H,1-4,10H2,(H,13,14)(H,15,16)(H,17,18)/t5-,6+/m1/s1. The zero-order valence-corrected chi connectivity index (χ0v) is 9.63. The van der Waals surface area contributed by atoms with Gasteiger partial charge < -0.3 is 31.7 Å². The summed E-state index contributed by atoms with van der Waals surface area (Å²) < 4.78 is 0. The molecular weight excluding hydrogens is 246 g/mol. The van der Waals surface area contributed by atoms with Gasteiger partial charge in [0.25, 0.3) is 0 Å². The molecule has 0 saturated carbocycles. The van der Waals surface area contributed by atoms with E-state index in [9.17, 15) is 14.4 Å². The van der Waals surface area contributed by atoms with Crippen LogP contribution in [-0.4, -0.2) is 64.9 Å².